The normalized spacial score (nSPS) is 19.5. The monoisotopic (exact) mass is 260 g/mol. The number of rotatable bonds is 5. The van der Waals surface area contributed by atoms with Gasteiger partial charge >= 0.3 is 0 Å². The summed E-state index contributed by atoms with van der Waals surface area (Å²) in [6.07, 6.45) is 4.03. The van der Waals surface area contributed by atoms with Gasteiger partial charge in [0.15, 0.2) is 0 Å². The van der Waals surface area contributed by atoms with Gasteiger partial charge in [-0.05, 0) is 43.0 Å². The Kier molecular flexibility index (Phi) is 3.92. The highest BCUT2D eigenvalue weighted by atomic mass is 16.5. The molecule has 0 unspecified atom stereocenters. The van der Waals surface area contributed by atoms with Crippen molar-refractivity contribution in [2.75, 3.05) is 37.7 Å². The van der Waals surface area contributed by atoms with Crippen LogP contribution in [-0.2, 0) is 0 Å². The lowest BCUT2D eigenvalue weighted by molar-refractivity contribution is 0.302. The van der Waals surface area contributed by atoms with Crippen LogP contribution in [0.15, 0.2) is 18.2 Å². The summed E-state index contributed by atoms with van der Waals surface area (Å²) in [6, 6.07) is 6.52. The fourth-order valence-electron chi connectivity index (χ4n) is 2.73. The molecule has 0 atom stereocenters. The van der Waals surface area contributed by atoms with Crippen molar-refractivity contribution in [1.82, 2.24) is 5.32 Å². The summed E-state index contributed by atoms with van der Waals surface area (Å²) < 4.78 is 5.85. The smallest absolute Gasteiger partial charge is 0.119 e. The minimum atomic E-state index is 0.872. The van der Waals surface area contributed by atoms with Gasteiger partial charge in [0.2, 0.25) is 0 Å². The van der Waals surface area contributed by atoms with E-state index in [1.807, 2.05) is 0 Å². The molecule has 3 nitrogen and oxygen atoms in total. The maximum atomic E-state index is 5.85. The highest BCUT2D eigenvalue weighted by molar-refractivity contribution is 5.56. The number of nitrogens with zero attached hydrogens (tertiary/aromatic N) is 1. The third-order valence-electron chi connectivity index (χ3n) is 4.12. The number of benzene rings is 1. The van der Waals surface area contributed by atoms with Crippen molar-refractivity contribution < 1.29 is 4.74 Å². The fourth-order valence-corrected chi connectivity index (χ4v) is 2.73. The topological polar surface area (TPSA) is 24.5 Å². The second kappa shape index (κ2) is 5.83. The molecular weight excluding hydrogens is 236 g/mol. The molecule has 104 valence electrons. The van der Waals surface area contributed by atoms with Gasteiger partial charge in [0.25, 0.3) is 0 Å². The van der Waals surface area contributed by atoms with Crippen molar-refractivity contribution in [2.45, 2.75) is 26.2 Å². The van der Waals surface area contributed by atoms with Crippen LogP contribution >= 0.6 is 0 Å². The molecule has 2 fully saturated rings. The minimum absolute atomic E-state index is 0.872. The van der Waals surface area contributed by atoms with E-state index in [2.05, 4.69) is 35.3 Å². The fraction of sp³-hybridized carbons (Fsp3) is 0.625. The lowest BCUT2D eigenvalue weighted by atomic mass is 10.1. The average molecular weight is 260 g/mol. The van der Waals surface area contributed by atoms with Crippen LogP contribution in [0.4, 0.5) is 5.69 Å². The van der Waals surface area contributed by atoms with Crippen molar-refractivity contribution in [3.63, 3.8) is 0 Å². The molecule has 1 saturated heterocycles. The zero-order valence-electron chi connectivity index (χ0n) is 11.8. The summed E-state index contributed by atoms with van der Waals surface area (Å²) in [5.74, 6) is 1.97. The standard InChI is InChI=1S/C16H24N2O/c1-13-12-15(19-11-6-14-2-3-14)4-5-16(13)18-9-7-17-8-10-18/h4-5,12,14,17H,2-3,6-11H2,1H3. The summed E-state index contributed by atoms with van der Waals surface area (Å²) in [4.78, 5) is 2.46. The number of aryl methyl sites for hydroxylation is 1. The number of anilines is 1. The summed E-state index contributed by atoms with van der Waals surface area (Å²) in [6.45, 7) is 7.42. The van der Waals surface area contributed by atoms with E-state index < -0.39 is 0 Å². The van der Waals surface area contributed by atoms with E-state index in [1.54, 1.807) is 0 Å². The Morgan fingerprint density at radius 2 is 2.05 bits per heavy atom. The Balaban J connectivity index is 1.59. The summed E-state index contributed by atoms with van der Waals surface area (Å²) in [5.41, 5.74) is 2.68. The van der Waals surface area contributed by atoms with Gasteiger partial charge in [-0.15, -0.1) is 0 Å². The highest BCUT2D eigenvalue weighted by Gasteiger charge is 2.20. The zero-order chi connectivity index (χ0) is 13.1. The second-order valence-electron chi connectivity index (χ2n) is 5.77. The molecule has 1 saturated carbocycles. The molecule has 3 heteroatoms. The molecule has 1 aliphatic heterocycles. The van der Waals surface area contributed by atoms with E-state index in [0.29, 0.717) is 0 Å². The Hall–Kier alpha value is -1.22. The number of hydrogen-bond donors (Lipinski definition) is 1. The molecule has 19 heavy (non-hydrogen) atoms. The largest absolute Gasteiger partial charge is 0.494 e. The molecule has 0 aromatic heterocycles. The van der Waals surface area contributed by atoms with Crippen LogP contribution in [0, 0.1) is 12.8 Å². The highest BCUT2D eigenvalue weighted by Crippen LogP contribution is 2.32. The molecule has 1 aromatic rings. The van der Waals surface area contributed by atoms with Gasteiger partial charge in [0.05, 0.1) is 6.61 Å². The van der Waals surface area contributed by atoms with E-state index in [4.69, 9.17) is 4.74 Å². The van der Waals surface area contributed by atoms with Crippen molar-refractivity contribution in [3.8, 4) is 5.75 Å². The van der Waals surface area contributed by atoms with Gasteiger partial charge in [-0.25, -0.2) is 0 Å². The average Bonchev–Trinajstić information content (AvgIpc) is 3.24. The van der Waals surface area contributed by atoms with Crippen LogP contribution < -0.4 is 15.0 Å². The molecule has 1 heterocycles. The first-order valence-electron chi connectivity index (χ1n) is 7.52. The van der Waals surface area contributed by atoms with Crippen molar-refractivity contribution in [2.24, 2.45) is 5.92 Å². The van der Waals surface area contributed by atoms with Crippen LogP contribution in [0.2, 0.25) is 0 Å². The number of ether oxygens (including phenoxy) is 1. The molecule has 1 aliphatic carbocycles. The molecule has 0 radical (unpaired) electrons. The van der Waals surface area contributed by atoms with E-state index in [1.165, 1.54) is 30.5 Å². The third-order valence-corrected chi connectivity index (χ3v) is 4.12. The quantitative estimate of drug-likeness (QED) is 0.880. The molecule has 1 aromatic carbocycles. The minimum Gasteiger partial charge on any atom is -0.494 e. The Bertz CT molecular complexity index is 423. The third kappa shape index (κ3) is 3.41. The molecule has 0 amide bonds. The first kappa shape index (κ1) is 12.8. The van der Waals surface area contributed by atoms with Crippen LogP contribution in [-0.4, -0.2) is 32.8 Å². The van der Waals surface area contributed by atoms with Crippen LogP contribution in [0.5, 0.6) is 5.75 Å². The number of nitrogens with one attached hydrogen (secondary N) is 1. The summed E-state index contributed by atoms with van der Waals surface area (Å²) >= 11 is 0. The Morgan fingerprint density at radius 3 is 2.74 bits per heavy atom. The van der Waals surface area contributed by atoms with Gasteiger partial charge in [-0.1, -0.05) is 12.8 Å². The predicted octanol–water partition coefficient (Wildman–Crippen LogP) is 2.58. The van der Waals surface area contributed by atoms with Crippen molar-refractivity contribution >= 4 is 5.69 Å². The lowest BCUT2D eigenvalue weighted by Gasteiger charge is -2.30. The second-order valence-corrected chi connectivity index (χ2v) is 5.77. The predicted molar refractivity (Wildman–Crippen MR) is 79.1 cm³/mol. The van der Waals surface area contributed by atoms with E-state index >= 15 is 0 Å². The SMILES string of the molecule is Cc1cc(OCCC2CC2)ccc1N1CCNCC1. The van der Waals surface area contributed by atoms with E-state index in [-0.39, 0.29) is 0 Å². The van der Waals surface area contributed by atoms with Crippen LogP contribution in [0.25, 0.3) is 0 Å². The Labute approximate surface area is 115 Å². The van der Waals surface area contributed by atoms with Crippen LogP contribution in [0.3, 0.4) is 0 Å². The molecule has 1 N–H and O–H groups in total. The molecular formula is C16H24N2O. The molecule has 3 rings (SSSR count). The molecule has 0 bridgehead atoms. The number of hydrogen-bond acceptors (Lipinski definition) is 3. The van der Waals surface area contributed by atoms with Crippen LogP contribution in [0.1, 0.15) is 24.8 Å². The van der Waals surface area contributed by atoms with E-state index in [0.717, 1.165) is 44.5 Å². The van der Waals surface area contributed by atoms with Crippen molar-refractivity contribution in [3.05, 3.63) is 23.8 Å². The maximum Gasteiger partial charge on any atom is 0.119 e. The summed E-state index contributed by atoms with van der Waals surface area (Å²) in [7, 11) is 0. The first-order valence-corrected chi connectivity index (χ1v) is 7.52. The van der Waals surface area contributed by atoms with Gasteiger partial charge in [0, 0.05) is 31.9 Å². The van der Waals surface area contributed by atoms with Crippen molar-refractivity contribution in [1.29, 1.82) is 0 Å². The van der Waals surface area contributed by atoms with Gasteiger partial charge in [0.1, 0.15) is 5.75 Å². The Morgan fingerprint density at radius 1 is 1.26 bits per heavy atom. The van der Waals surface area contributed by atoms with Gasteiger partial charge in [-0.2, -0.15) is 0 Å². The number of piperazine rings is 1. The maximum absolute atomic E-state index is 5.85. The van der Waals surface area contributed by atoms with Gasteiger partial charge < -0.3 is 15.0 Å². The zero-order valence-corrected chi connectivity index (χ0v) is 11.8. The van der Waals surface area contributed by atoms with E-state index in [9.17, 15) is 0 Å². The first-order chi connectivity index (χ1) is 9.33. The lowest BCUT2D eigenvalue weighted by Crippen LogP contribution is -2.43. The molecule has 2 aliphatic rings. The summed E-state index contributed by atoms with van der Waals surface area (Å²) in [5, 5.41) is 3.39. The van der Waals surface area contributed by atoms with Gasteiger partial charge in [-0.3, -0.25) is 0 Å². The molecule has 0 spiro atoms.